The van der Waals surface area contributed by atoms with Gasteiger partial charge in [-0.25, -0.2) is 0 Å². The Kier molecular flexibility index (Phi) is 4.64. The normalized spacial score (nSPS) is 19.9. The first-order valence-electron chi connectivity index (χ1n) is 4.57. The van der Waals surface area contributed by atoms with Gasteiger partial charge < -0.3 is 4.90 Å². The molecule has 0 radical (unpaired) electrons. The number of nitrogens with zero attached hydrogens (tertiary/aromatic N) is 1. The smallest absolute Gasteiger partial charge is 0.170 e. The number of halogens is 1. The lowest BCUT2D eigenvalue weighted by Gasteiger charge is -2.23. The summed E-state index contributed by atoms with van der Waals surface area (Å²) in [7, 11) is 4.03. The minimum atomic E-state index is 0. The molecular formula is C10H14ClNOS2. The summed E-state index contributed by atoms with van der Waals surface area (Å²) in [6.45, 7) is 0.862. The quantitative estimate of drug-likeness (QED) is 0.818. The van der Waals surface area contributed by atoms with Gasteiger partial charge in [-0.3, -0.25) is 4.79 Å². The summed E-state index contributed by atoms with van der Waals surface area (Å²) in [5.41, 5.74) is 0.943. The first kappa shape index (κ1) is 13.0. The number of carbonyl (C=O) groups excluding carboxylic acids is 1. The van der Waals surface area contributed by atoms with E-state index in [9.17, 15) is 4.79 Å². The summed E-state index contributed by atoms with van der Waals surface area (Å²) in [6, 6.07) is 1.96. The molecule has 84 valence electrons. The zero-order valence-electron chi connectivity index (χ0n) is 8.73. The van der Waals surface area contributed by atoms with E-state index in [0.717, 1.165) is 17.9 Å². The van der Waals surface area contributed by atoms with Gasteiger partial charge in [-0.1, -0.05) is 0 Å². The Labute approximate surface area is 104 Å². The third-order valence-electron chi connectivity index (χ3n) is 2.27. The van der Waals surface area contributed by atoms with Gasteiger partial charge in [-0.05, 0) is 25.5 Å². The average molecular weight is 264 g/mol. The maximum Gasteiger partial charge on any atom is 0.170 e. The number of ketones is 1. The van der Waals surface area contributed by atoms with Crippen LogP contribution in [-0.2, 0) is 0 Å². The molecule has 0 fully saturated rings. The van der Waals surface area contributed by atoms with E-state index in [1.807, 2.05) is 37.3 Å². The van der Waals surface area contributed by atoms with Crippen molar-refractivity contribution in [3.8, 4) is 0 Å². The third kappa shape index (κ3) is 2.75. The van der Waals surface area contributed by atoms with Crippen molar-refractivity contribution in [2.45, 2.75) is 4.21 Å². The molecule has 1 aliphatic rings. The molecule has 0 amide bonds. The van der Waals surface area contributed by atoms with E-state index < -0.39 is 0 Å². The van der Waals surface area contributed by atoms with E-state index in [2.05, 4.69) is 4.90 Å². The van der Waals surface area contributed by atoms with Gasteiger partial charge in [0.05, 0.1) is 4.21 Å². The number of thiophene rings is 1. The number of carbonyl (C=O) groups is 1. The van der Waals surface area contributed by atoms with Crippen molar-refractivity contribution < 1.29 is 4.79 Å². The molecule has 1 aliphatic heterocycles. The summed E-state index contributed by atoms with van der Waals surface area (Å²) in [5.74, 6) is 1.44. The van der Waals surface area contributed by atoms with Gasteiger partial charge in [-0.2, -0.15) is 0 Å². The molecule has 1 aromatic rings. The molecule has 1 aromatic heterocycles. The molecule has 2 nitrogen and oxygen atoms in total. The first-order chi connectivity index (χ1) is 6.68. The van der Waals surface area contributed by atoms with Crippen molar-refractivity contribution in [3.05, 3.63) is 17.0 Å². The second-order valence-corrected chi connectivity index (χ2v) is 5.96. The van der Waals surface area contributed by atoms with Crippen LogP contribution >= 0.6 is 35.5 Å². The monoisotopic (exact) mass is 263 g/mol. The number of fused-ring (bicyclic) bond motifs is 1. The van der Waals surface area contributed by atoms with Crippen LogP contribution in [0.1, 0.15) is 10.4 Å². The van der Waals surface area contributed by atoms with E-state index in [4.69, 9.17) is 0 Å². The van der Waals surface area contributed by atoms with E-state index in [1.165, 1.54) is 4.21 Å². The Morgan fingerprint density at radius 1 is 1.53 bits per heavy atom. The fourth-order valence-electron chi connectivity index (χ4n) is 1.64. The zero-order valence-corrected chi connectivity index (χ0v) is 11.2. The van der Waals surface area contributed by atoms with Crippen LogP contribution in [0.2, 0.25) is 0 Å². The average Bonchev–Trinajstić information content (AvgIpc) is 2.57. The van der Waals surface area contributed by atoms with Crippen LogP contribution in [-0.4, -0.2) is 37.1 Å². The van der Waals surface area contributed by atoms with Crippen molar-refractivity contribution in [2.24, 2.45) is 5.92 Å². The fourth-order valence-corrected chi connectivity index (χ4v) is 3.84. The zero-order chi connectivity index (χ0) is 10.1. The Bertz CT molecular complexity index is 351. The predicted octanol–water partition coefficient (Wildman–Crippen LogP) is 2.64. The fraction of sp³-hybridized carbons (Fsp3) is 0.500. The largest absolute Gasteiger partial charge is 0.309 e. The van der Waals surface area contributed by atoms with Crippen LogP contribution in [0, 0.1) is 5.92 Å². The number of rotatable bonds is 2. The van der Waals surface area contributed by atoms with E-state index in [0.29, 0.717) is 5.78 Å². The van der Waals surface area contributed by atoms with Gasteiger partial charge in [0.1, 0.15) is 0 Å². The highest BCUT2D eigenvalue weighted by Gasteiger charge is 2.28. The molecule has 0 bridgehead atoms. The van der Waals surface area contributed by atoms with Gasteiger partial charge in [0, 0.05) is 23.8 Å². The van der Waals surface area contributed by atoms with Crippen molar-refractivity contribution in [3.63, 3.8) is 0 Å². The Hall–Kier alpha value is -0.0300. The van der Waals surface area contributed by atoms with E-state index >= 15 is 0 Å². The Morgan fingerprint density at radius 2 is 2.27 bits per heavy atom. The summed E-state index contributed by atoms with van der Waals surface area (Å²) >= 11 is 3.50. The van der Waals surface area contributed by atoms with Gasteiger partial charge >= 0.3 is 0 Å². The maximum absolute atomic E-state index is 12.0. The number of Topliss-reactive ketones (excluding diaryl/α,β-unsaturated/α-hetero) is 1. The number of hydrogen-bond acceptors (Lipinski definition) is 4. The molecule has 2 rings (SSSR count). The summed E-state index contributed by atoms with van der Waals surface area (Å²) in [5, 5.41) is 2.01. The molecule has 15 heavy (non-hydrogen) atoms. The minimum Gasteiger partial charge on any atom is -0.309 e. The predicted molar refractivity (Wildman–Crippen MR) is 68.7 cm³/mol. The highest BCUT2D eigenvalue weighted by atomic mass is 35.5. The third-order valence-corrected chi connectivity index (χ3v) is 4.67. The topological polar surface area (TPSA) is 20.3 Å². The van der Waals surface area contributed by atoms with Gasteiger partial charge in [0.15, 0.2) is 5.78 Å². The van der Waals surface area contributed by atoms with Crippen LogP contribution in [0.5, 0.6) is 0 Å². The second-order valence-electron chi connectivity index (χ2n) is 3.76. The summed E-state index contributed by atoms with van der Waals surface area (Å²) < 4.78 is 1.20. The standard InChI is InChI=1S/C10H13NOS2.ClH/c1-11(2)5-7-6-14-10-8(9(7)12)3-4-13-10;/h3-4,7H,5-6H2,1-2H3;1H. The van der Waals surface area contributed by atoms with Crippen molar-refractivity contribution in [2.75, 3.05) is 26.4 Å². The first-order valence-corrected chi connectivity index (χ1v) is 6.44. The number of thioether (sulfide) groups is 1. The lowest BCUT2D eigenvalue weighted by molar-refractivity contribution is 0.0908. The Morgan fingerprint density at radius 3 is 2.93 bits per heavy atom. The number of hydrogen-bond donors (Lipinski definition) is 0. The van der Waals surface area contributed by atoms with Crippen LogP contribution in [0.15, 0.2) is 15.7 Å². The molecule has 1 unspecified atom stereocenters. The maximum atomic E-state index is 12.0. The summed E-state index contributed by atoms with van der Waals surface area (Å²) in [6.07, 6.45) is 0. The van der Waals surface area contributed by atoms with Gasteiger partial charge in [-0.15, -0.1) is 35.5 Å². The SMILES string of the molecule is CN(C)CC1CSc2sccc2C1=O.Cl. The van der Waals surface area contributed by atoms with Crippen LogP contribution in [0.4, 0.5) is 0 Å². The molecule has 1 atom stereocenters. The van der Waals surface area contributed by atoms with Crippen molar-refractivity contribution in [1.29, 1.82) is 0 Å². The molecular weight excluding hydrogens is 250 g/mol. The molecule has 0 saturated carbocycles. The van der Waals surface area contributed by atoms with Crippen LogP contribution in [0.3, 0.4) is 0 Å². The van der Waals surface area contributed by atoms with Crippen molar-refractivity contribution in [1.82, 2.24) is 4.90 Å². The van der Waals surface area contributed by atoms with E-state index in [1.54, 1.807) is 11.3 Å². The molecule has 0 spiro atoms. The summed E-state index contributed by atoms with van der Waals surface area (Å²) in [4.78, 5) is 14.1. The van der Waals surface area contributed by atoms with Crippen LogP contribution < -0.4 is 0 Å². The molecule has 0 aromatic carbocycles. The minimum absolute atomic E-state index is 0. The van der Waals surface area contributed by atoms with Crippen molar-refractivity contribution >= 4 is 41.3 Å². The van der Waals surface area contributed by atoms with Gasteiger partial charge in [0.25, 0.3) is 0 Å². The van der Waals surface area contributed by atoms with Crippen LogP contribution in [0.25, 0.3) is 0 Å². The molecule has 0 N–H and O–H groups in total. The molecule has 2 heterocycles. The molecule has 0 saturated heterocycles. The second kappa shape index (κ2) is 5.34. The van der Waals surface area contributed by atoms with E-state index in [-0.39, 0.29) is 18.3 Å². The lowest BCUT2D eigenvalue weighted by atomic mass is 10.0. The molecule has 5 heteroatoms. The van der Waals surface area contributed by atoms with Gasteiger partial charge in [0.2, 0.25) is 0 Å². The highest BCUT2D eigenvalue weighted by Crippen LogP contribution is 2.36. The lowest BCUT2D eigenvalue weighted by Crippen LogP contribution is -2.31. The Balaban J connectivity index is 0.00000112. The molecule has 0 aliphatic carbocycles. The highest BCUT2D eigenvalue weighted by molar-refractivity contribution is 8.01.